The van der Waals surface area contributed by atoms with Crippen LogP contribution in [0.1, 0.15) is 12.0 Å². The van der Waals surface area contributed by atoms with Crippen LogP contribution < -0.4 is 4.74 Å². The molecule has 10 heteroatoms. The van der Waals surface area contributed by atoms with Crippen LogP contribution in [0.4, 0.5) is 5.69 Å². The predicted molar refractivity (Wildman–Crippen MR) is 97.2 cm³/mol. The standard InChI is InChI=1S/C15H23N3O3.C2H2O4/c1-13-4-5-15(14(12-13)18(19)20)21-11-3-6-17-9-7-16(2)8-10-17;3-1(4)2(5)6/h4-5,12H,3,6-11H2,1-2H3;(H,3,4)(H,5,6). The van der Waals surface area contributed by atoms with E-state index in [-0.39, 0.29) is 10.6 Å². The molecule has 0 bridgehead atoms. The molecule has 150 valence electrons. The number of aliphatic carboxylic acids is 2. The van der Waals surface area contributed by atoms with Gasteiger partial charge in [0.15, 0.2) is 5.75 Å². The van der Waals surface area contributed by atoms with E-state index in [0.717, 1.165) is 44.7 Å². The average molecular weight is 383 g/mol. The van der Waals surface area contributed by atoms with Crippen molar-refractivity contribution in [2.75, 3.05) is 46.4 Å². The first-order valence-corrected chi connectivity index (χ1v) is 8.45. The summed E-state index contributed by atoms with van der Waals surface area (Å²) >= 11 is 0. The van der Waals surface area contributed by atoms with E-state index in [1.165, 1.54) is 0 Å². The highest BCUT2D eigenvalue weighted by Gasteiger charge is 2.16. The average Bonchev–Trinajstić information content (AvgIpc) is 2.61. The Morgan fingerprint density at radius 2 is 1.78 bits per heavy atom. The number of carboxylic acid groups (broad SMARTS) is 2. The molecule has 0 aromatic heterocycles. The maximum Gasteiger partial charge on any atom is 0.414 e. The third kappa shape index (κ3) is 8.47. The highest BCUT2D eigenvalue weighted by Crippen LogP contribution is 2.27. The summed E-state index contributed by atoms with van der Waals surface area (Å²) in [7, 11) is 2.14. The van der Waals surface area contributed by atoms with E-state index in [0.29, 0.717) is 12.4 Å². The number of nitro benzene ring substituents is 1. The third-order valence-corrected chi connectivity index (χ3v) is 3.97. The third-order valence-electron chi connectivity index (χ3n) is 3.97. The fourth-order valence-electron chi connectivity index (χ4n) is 2.43. The molecule has 1 aliphatic heterocycles. The van der Waals surface area contributed by atoms with Crippen molar-refractivity contribution in [3.63, 3.8) is 0 Å². The van der Waals surface area contributed by atoms with Gasteiger partial charge in [0.25, 0.3) is 0 Å². The van der Waals surface area contributed by atoms with E-state index in [9.17, 15) is 10.1 Å². The number of likely N-dealkylation sites (N-methyl/N-ethyl adjacent to an activating group) is 1. The largest absolute Gasteiger partial charge is 0.487 e. The number of hydrogen-bond donors (Lipinski definition) is 2. The van der Waals surface area contributed by atoms with Gasteiger partial charge in [-0.15, -0.1) is 0 Å². The number of rotatable bonds is 6. The van der Waals surface area contributed by atoms with Crippen molar-refractivity contribution in [2.24, 2.45) is 0 Å². The summed E-state index contributed by atoms with van der Waals surface area (Å²) in [5, 5.41) is 25.8. The van der Waals surface area contributed by atoms with Gasteiger partial charge in [-0.3, -0.25) is 10.1 Å². The van der Waals surface area contributed by atoms with Crippen LogP contribution >= 0.6 is 0 Å². The predicted octanol–water partition coefficient (Wildman–Crippen LogP) is 1.08. The van der Waals surface area contributed by atoms with Crippen molar-refractivity contribution >= 4 is 17.6 Å². The zero-order chi connectivity index (χ0) is 20.4. The number of nitrogens with zero attached hydrogens (tertiary/aromatic N) is 3. The zero-order valence-corrected chi connectivity index (χ0v) is 15.5. The number of ether oxygens (including phenoxy) is 1. The van der Waals surface area contributed by atoms with Crippen LogP contribution in [0.25, 0.3) is 0 Å². The summed E-state index contributed by atoms with van der Waals surface area (Å²) < 4.78 is 5.59. The quantitative estimate of drug-likeness (QED) is 0.320. The van der Waals surface area contributed by atoms with Gasteiger partial charge in [-0.25, -0.2) is 9.59 Å². The van der Waals surface area contributed by atoms with Gasteiger partial charge in [-0.2, -0.15) is 0 Å². The Labute approximate surface area is 157 Å². The molecule has 0 spiro atoms. The Balaban J connectivity index is 0.000000527. The van der Waals surface area contributed by atoms with Crippen molar-refractivity contribution in [3.8, 4) is 5.75 Å². The SMILES string of the molecule is Cc1ccc(OCCCN2CCN(C)CC2)c([N+](=O)[O-])c1.O=C(O)C(=O)O. The van der Waals surface area contributed by atoms with E-state index in [1.54, 1.807) is 12.1 Å². The lowest BCUT2D eigenvalue weighted by Gasteiger charge is -2.32. The lowest BCUT2D eigenvalue weighted by atomic mass is 10.2. The minimum atomic E-state index is -1.82. The molecule has 1 aliphatic rings. The van der Waals surface area contributed by atoms with Gasteiger partial charge in [0.05, 0.1) is 11.5 Å². The van der Waals surface area contributed by atoms with Crippen molar-refractivity contribution < 1.29 is 29.5 Å². The van der Waals surface area contributed by atoms with E-state index < -0.39 is 11.9 Å². The summed E-state index contributed by atoms with van der Waals surface area (Å²) in [6, 6.07) is 5.07. The minimum absolute atomic E-state index is 0.0506. The van der Waals surface area contributed by atoms with Crippen molar-refractivity contribution in [1.29, 1.82) is 0 Å². The molecule has 1 aromatic rings. The Hall–Kier alpha value is -2.72. The van der Waals surface area contributed by atoms with Gasteiger partial charge in [0.1, 0.15) is 0 Å². The normalized spacial score (nSPS) is 14.7. The summed E-state index contributed by atoms with van der Waals surface area (Å²) in [4.78, 5) is 33.5. The summed E-state index contributed by atoms with van der Waals surface area (Å²) in [5.74, 6) is -3.28. The molecule has 1 heterocycles. The molecule has 0 saturated carbocycles. The van der Waals surface area contributed by atoms with Crippen LogP contribution in [-0.2, 0) is 9.59 Å². The van der Waals surface area contributed by atoms with Crippen molar-refractivity contribution in [1.82, 2.24) is 9.80 Å². The van der Waals surface area contributed by atoms with Crippen LogP contribution in [0.5, 0.6) is 5.75 Å². The molecule has 2 N–H and O–H groups in total. The second-order valence-corrected chi connectivity index (χ2v) is 6.19. The molecule has 0 aliphatic carbocycles. The number of hydrogen-bond acceptors (Lipinski definition) is 7. The van der Waals surface area contributed by atoms with Crippen LogP contribution in [0.2, 0.25) is 0 Å². The fourth-order valence-corrected chi connectivity index (χ4v) is 2.43. The molecule has 0 amide bonds. The second kappa shape index (κ2) is 11.1. The highest BCUT2D eigenvalue weighted by molar-refractivity contribution is 6.27. The molecular formula is C17H25N3O7. The van der Waals surface area contributed by atoms with E-state index in [1.807, 2.05) is 13.0 Å². The Morgan fingerprint density at radius 1 is 1.19 bits per heavy atom. The van der Waals surface area contributed by atoms with Crippen molar-refractivity contribution in [2.45, 2.75) is 13.3 Å². The summed E-state index contributed by atoms with van der Waals surface area (Å²) in [6.45, 7) is 7.70. The molecule has 1 saturated heterocycles. The van der Waals surface area contributed by atoms with E-state index in [4.69, 9.17) is 24.5 Å². The lowest BCUT2D eigenvalue weighted by Crippen LogP contribution is -2.44. The number of aryl methyl sites for hydroxylation is 1. The molecule has 0 atom stereocenters. The Bertz CT molecular complexity index is 646. The number of carbonyl (C=O) groups is 2. The molecule has 2 rings (SSSR count). The minimum Gasteiger partial charge on any atom is -0.487 e. The van der Waals surface area contributed by atoms with Gasteiger partial charge in [-0.05, 0) is 32.0 Å². The maximum atomic E-state index is 11.0. The number of benzene rings is 1. The monoisotopic (exact) mass is 383 g/mol. The van der Waals surface area contributed by atoms with Gasteiger partial charge in [0, 0.05) is 38.8 Å². The number of piperazine rings is 1. The van der Waals surface area contributed by atoms with Gasteiger partial charge in [-0.1, -0.05) is 6.07 Å². The number of carboxylic acids is 2. The molecule has 0 unspecified atom stereocenters. The topological polar surface area (TPSA) is 133 Å². The first kappa shape index (κ1) is 22.3. The number of nitro groups is 1. The maximum absolute atomic E-state index is 11.0. The molecular weight excluding hydrogens is 358 g/mol. The van der Waals surface area contributed by atoms with E-state index >= 15 is 0 Å². The summed E-state index contributed by atoms with van der Waals surface area (Å²) in [5.41, 5.74) is 0.918. The molecule has 10 nitrogen and oxygen atoms in total. The van der Waals surface area contributed by atoms with Gasteiger partial charge < -0.3 is 24.7 Å². The fraction of sp³-hybridized carbons (Fsp3) is 0.529. The van der Waals surface area contributed by atoms with Gasteiger partial charge in [0.2, 0.25) is 0 Å². The van der Waals surface area contributed by atoms with E-state index in [2.05, 4.69) is 16.8 Å². The molecule has 1 aromatic carbocycles. The van der Waals surface area contributed by atoms with Crippen LogP contribution in [0.15, 0.2) is 18.2 Å². The smallest absolute Gasteiger partial charge is 0.414 e. The molecule has 0 radical (unpaired) electrons. The van der Waals surface area contributed by atoms with Gasteiger partial charge >= 0.3 is 17.6 Å². The Morgan fingerprint density at radius 3 is 2.30 bits per heavy atom. The first-order chi connectivity index (χ1) is 12.7. The van der Waals surface area contributed by atoms with Crippen LogP contribution in [0, 0.1) is 17.0 Å². The molecule has 27 heavy (non-hydrogen) atoms. The lowest BCUT2D eigenvalue weighted by molar-refractivity contribution is -0.385. The van der Waals surface area contributed by atoms with Crippen LogP contribution in [0.3, 0.4) is 0 Å². The zero-order valence-electron chi connectivity index (χ0n) is 15.5. The first-order valence-electron chi connectivity index (χ1n) is 8.45. The highest BCUT2D eigenvalue weighted by atomic mass is 16.6. The van der Waals surface area contributed by atoms with Crippen molar-refractivity contribution in [3.05, 3.63) is 33.9 Å². The molecule has 1 fully saturated rings. The second-order valence-electron chi connectivity index (χ2n) is 6.19. The Kier molecular flexibility index (Phi) is 9.17. The summed E-state index contributed by atoms with van der Waals surface area (Å²) in [6.07, 6.45) is 0.884. The van der Waals surface area contributed by atoms with Crippen LogP contribution in [-0.4, -0.2) is 83.3 Å².